The van der Waals surface area contributed by atoms with Crippen molar-refractivity contribution in [3.63, 3.8) is 0 Å². The van der Waals surface area contributed by atoms with Crippen LogP contribution in [0.2, 0.25) is 0 Å². The molecule has 1 aromatic carbocycles. The molecule has 0 aliphatic heterocycles. The van der Waals surface area contributed by atoms with Crippen LogP contribution in [0.4, 0.5) is 0 Å². The van der Waals surface area contributed by atoms with Crippen molar-refractivity contribution in [1.82, 2.24) is 19.4 Å². The van der Waals surface area contributed by atoms with Gasteiger partial charge in [0.15, 0.2) is 0 Å². The van der Waals surface area contributed by atoms with E-state index < -0.39 is 0 Å². The van der Waals surface area contributed by atoms with Gasteiger partial charge in [0.25, 0.3) is 5.56 Å². The minimum atomic E-state index is -0.0903. The van der Waals surface area contributed by atoms with Gasteiger partial charge in [-0.3, -0.25) is 14.5 Å². The summed E-state index contributed by atoms with van der Waals surface area (Å²) in [6, 6.07) is 5.80. The summed E-state index contributed by atoms with van der Waals surface area (Å²) in [4.78, 5) is 29.6. The Bertz CT molecular complexity index is 1310. The second-order valence-electron chi connectivity index (χ2n) is 8.69. The van der Waals surface area contributed by atoms with Gasteiger partial charge < -0.3 is 23.9 Å². The number of aromatic nitrogens is 2. The van der Waals surface area contributed by atoms with E-state index in [0.29, 0.717) is 36.6 Å². The zero-order valence-corrected chi connectivity index (χ0v) is 21.4. The van der Waals surface area contributed by atoms with Crippen molar-refractivity contribution in [3.05, 3.63) is 57.0 Å². The van der Waals surface area contributed by atoms with Crippen LogP contribution in [-0.2, 0) is 25.4 Å². The van der Waals surface area contributed by atoms with Crippen LogP contribution in [0.25, 0.3) is 32.5 Å². The number of methoxy groups -OCH3 is 2. The number of ether oxygens (including phenoxy) is 2. The van der Waals surface area contributed by atoms with E-state index >= 15 is 0 Å². The van der Waals surface area contributed by atoms with Crippen LogP contribution in [0.3, 0.4) is 0 Å². The SMILES string of the molecule is COc1cc(-c2cn(C)c(=O)c3c2ccn3C)cc(OC)c1CN(C)CC(=O)NCCCCN=[N+]=[N-]. The Hall–Kier alpha value is -3.95. The van der Waals surface area contributed by atoms with Gasteiger partial charge in [0.05, 0.1) is 26.3 Å². The molecule has 3 aromatic rings. The summed E-state index contributed by atoms with van der Waals surface area (Å²) in [6.45, 7) is 1.60. The van der Waals surface area contributed by atoms with Crippen LogP contribution in [-0.4, -0.2) is 60.8 Å². The Morgan fingerprint density at radius 2 is 1.86 bits per heavy atom. The molecule has 192 valence electrons. The minimum absolute atomic E-state index is 0.0626. The van der Waals surface area contributed by atoms with E-state index in [4.69, 9.17) is 15.0 Å². The van der Waals surface area contributed by atoms with Crippen LogP contribution in [0.5, 0.6) is 11.5 Å². The maximum Gasteiger partial charge on any atom is 0.274 e. The highest BCUT2D eigenvalue weighted by Crippen LogP contribution is 2.37. The van der Waals surface area contributed by atoms with E-state index in [2.05, 4.69) is 15.3 Å². The molecule has 3 rings (SSSR count). The fourth-order valence-electron chi connectivity index (χ4n) is 4.23. The number of azide groups is 1. The Balaban J connectivity index is 1.81. The van der Waals surface area contributed by atoms with E-state index in [9.17, 15) is 9.59 Å². The third-order valence-corrected chi connectivity index (χ3v) is 6.04. The summed E-state index contributed by atoms with van der Waals surface area (Å²) in [6.07, 6.45) is 5.17. The van der Waals surface area contributed by atoms with E-state index in [1.165, 1.54) is 0 Å². The van der Waals surface area contributed by atoms with Crippen molar-refractivity contribution >= 4 is 16.8 Å². The summed E-state index contributed by atoms with van der Waals surface area (Å²) < 4.78 is 14.8. The van der Waals surface area contributed by atoms with Crippen molar-refractivity contribution in [1.29, 1.82) is 0 Å². The summed E-state index contributed by atoms with van der Waals surface area (Å²) in [7, 11) is 8.65. The van der Waals surface area contributed by atoms with Gasteiger partial charge in [-0.15, -0.1) is 0 Å². The molecule has 0 unspecified atom stereocenters. The smallest absolute Gasteiger partial charge is 0.274 e. The Morgan fingerprint density at radius 3 is 2.50 bits per heavy atom. The standard InChI is InChI=1S/C25H33N7O4/c1-30(16-23(33)27-9-6-7-10-28-29-26)14-20-21(35-4)12-17(13-22(20)36-5)19-15-32(3)25(34)24-18(19)8-11-31(24)2/h8,11-13,15H,6-7,9-10,14,16H2,1-5H3,(H,27,33). The number of unbranched alkanes of at least 4 members (excludes halogenated alkanes) is 1. The molecule has 0 aliphatic rings. The van der Waals surface area contributed by atoms with Gasteiger partial charge in [0, 0.05) is 62.0 Å². The van der Waals surface area contributed by atoms with Crippen molar-refractivity contribution in [2.75, 3.05) is 40.9 Å². The first-order valence-electron chi connectivity index (χ1n) is 11.7. The molecule has 0 aliphatic carbocycles. The van der Waals surface area contributed by atoms with Crippen LogP contribution < -0.4 is 20.3 Å². The molecule has 1 amide bonds. The molecule has 0 saturated heterocycles. The third kappa shape index (κ3) is 5.99. The molecule has 0 radical (unpaired) electrons. The van der Waals surface area contributed by atoms with Crippen molar-refractivity contribution in [3.8, 4) is 22.6 Å². The van der Waals surface area contributed by atoms with E-state index in [-0.39, 0.29) is 18.0 Å². The predicted molar refractivity (Wildman–Crippen MR) is 139 cm³/mol. The number of fused-ring (bicyclic) bond motifs is 1. The number of nitrogens with one attached hydrogen (secondary N) is 1. The van der Waals surface area contributed by atoms with Gasteiger partial charge in [-0.2, -0.15) is 0 Å². The van der Waals surface area contributed by atoms with Gasteiger partial charge in [-0.25, -0.2) is 0 Å². The van der Waals surface area contributed by atoms with E-state index in [1.807, 2.05) is 54.2 Å². The lowest BCUT2D eigenvalue weighted by atomic mass is 10.00. The van der Waals surface area contributed by atoms with E-state index in [1.54, 1.807) is 25.8 Å². The topological polar surface area (TPSA) is 126 Å². The number of carbonyl (C=O) groups excluding carboxylic acids is 1. The number of nitrogens with zero attached hydrogens (tertiary/aromatic N) is 6. The molecule has 2 aromatic heterocycles. The fourth-order valence-corrected chi connectivity index (χ4v) is 4.23. The molecule has 11 nitrogen and oxygen atoms in total. The number of aryl methyl sites for hydroxylation is 2. The fraction of sp³-hybridized carbons (Fsp3) is 0.440. The Morgan fingerprint density at radius 1 is 1.17 bits per heavy atom. The summed E-state index contributed by atoms with van der Waals surface area (Å²) in [5.74, 6) is 1.17. The lowest BCUT2D eigenvalue weighted by Crippen LogP contribution is -2.35. The molecule has 0 spiro atoms. The number of likely N-dealkylation sites (N-methyl/N-ethyl adjacent to an activating group) is 1. The van der Waals surface area contributed by atoms with Crippen molar-refractivity contribution in [2.45, 2.75) is 19.4 Å². The largest absolute Gasteiger partial charge is 0.496 e. The number of hydrogen-bond acceptors (Lipinski definition) is 6. The average molecular weight is 496 g/mol. The van der Waals surface area contributed by atoms with Crippen molar-refractivity contribution < 1.29 is 14.3 Å². The summed E-state index contributed by atoms with van der Waals surface area (Å²) in [5, 5.41) is 7.22. The molecule has 2 heterocycles. The molecule has 36 heavy (non-hydrogen) atoms. The second-order valence-corrected chi connectivity index (χ2v) is 8.69. The van der Waals surface area contributed by atoms with Crippen LogP contribution in [0.1, 0.15) is 18.4 Å². The Kier molecular flexibility index (Phi) is 8.99. The quantitative estimate of drug-likeness (QED) is 0.179. The highest BCUT2D eigenvalue weighted by Gasteiger charge is 2.19. The van der Waals surface area contributed by atoms with Crippen LogP contribution in [0.15, 0.2) is 40.5 Å². The van der Waals surface area contributed by atoms with Gasteiger partial charge >= 0.3 is 0 Å². The minimum Gasteiger partial charge on any atom is -0.496 e. The molecule has 1 N–H and O–H groups in total. The molecule has 0 saturated carbocycles. The highest BCUT2D eigenvalue weighted by atomic mass is 16.5. The summed E-state index contributed by atoms with van der Waals surface area (Å²) in [5.41, 5.74) is 11.4. The molecule has 0 atom stereocenters. The maximum absolute atomic E-state index is 12.7. The van der Waals surface area contributed by atoms with Crippen LogP contribution in [0, 0.1) is 0 Å². The van der Waals surface area contributed by atoms with Gasteiger partial charge in [-0.05, 0) is 49.2 Å². The zero-order valence-electron chi connectivity index (χ0n) is 21.4. The number of rotatable bonds is 12. The zero-order chi connectivity index (χ0) is 26.2. The number of hydrogen-bond donors (Lipinski definition) is 1. The van der Waals surface area contributed by atoms with E-state index in [0.717, 1.165) is 34.9 Å². The monoisotopic (exact) mass is 495 g/mol. The Labute approximate surface area is 209 Å². The second kappa shape index (κ2) is 12.1. The third-order valence-electron chi connectivity index (χ3n) is 6.04. The maximum atomic E-state index is 12.7. The first kappa shape index (κ1) is 26.7. The van der Waals surface area contributed by atoms with Gasteiger partial charge in [0.2, 0.25) is 5.91 Å². The van der Waals surface area contributed by atoms with Gasteiger partial charge in [0.1, 0.15) is 17.0 Å². The normalized spacial score (nSPS) is 10.9. The van der Waals surface area contributed by atoms with Crippen molar-refractivity contribution in [2.24, 2.45) is 19.2 Å². The number of amides is 1. The number of carbonyl (C=O) groups is 1. The van der Waals surface area contributed by atoms with Crippen LogP contribution >= 0.6 is 0 Å². The predicted octanol–water partition coefficient (Wildman–Crippen LogP) is 3.20. The molecule has 11 heteroatoms. The number of pyridine rings is 1. The molecule has 0 bridgehead atoms. The average Bonchev–Trinajstić information content (AvgIpc) is 3.25. The molecular formula is C25H33N7O4. The summed E-state index contributed by atoms with van der Waals surface area (Å²) >= 11 is 0. The lowest BCUT2D eigenvalue weighted by Gasteiger charge is -2.21. The number of benzene rings is 1. The molecular weight excluding hydrogens is 462 g/mol. The lowest BCUT2D eigenvalue weighted by molar-refractivity contribution is -0.122. The molecule has 0 fully saturated rings. The first-order valence-corrected chi connectivity index (χ1v) is 11.7. The first-order chi connectivity index (χ1) is 17.3. The van der Waals surface area contributed by atoms with Gasteiger partial charge in [-0.1, -0.05) is 5.11 Å². The highest BCUT2D eigenvalue weighted by molar-refractivity contribution is 5.95.